The van der Waals surface area contributed by atoms with Crippen LogP contribution in [0.2, 0.25) is 5.02 Å². The molecule has 0 amide bonds. The fourth-order valence-electron chi connectivity index (χ4n) is 4.15. The van der Waals surface area contributed by atoms with Crippen LogP contribution in [0.3, 0.4) is 0 Å². The molecule has 0 atom stereocenters. The van der Waals surface area contributed by atoms with Crippen LogP contribution in [-0.4, -0.2) is 20.4 Å². The van der Waals surface area contributed by atoms with Crippen molar-refractivity contribution in [3.05, 3.63) is 119 Å². The average Bonchev–Trinajstić information content (AvgIpc) is 3.38. The molecule has 0 bridgehead atoms. The standard InChI is InChI=1S/C33H25ClN2O4/c1-37-26-15-9-23(10-16-26)31-29(19-35)33(40-32(31)24-11-17-27(38-2)18-12-24)36-20-22-7-13-28(14-8-22)39-21-25-5-3-4-6-30(25)34/h3-18,20H,21H2,1-2H3. The molecule has 0 radical (unpaired) electrons. The first kappa shape index (κ1) is 26.6. The van der Waals surface area contributed by atoms with Crippen molar-refractivity contribution in [3.63, 3.8) is 0 Å². The van der Waals surface area contributed by atoms with Gasteiger partial charge in [-0.05, 0) is 77.9 Å². The number of rotatable bonds is 9. The number of hydrogen-bond acceptors (Lipinski definition) is 6. The Balaban J connectivity index is 1.44. The number of ether oxygens (including phenoxy) is 3. The van der Waals surface area contributed by atoms with Crippen molar-refractivity contribution in [2.24, 2.45) is 4.99 Å². The van der Waals surface area contributed by atoms with Crippen LogP contribution in [-0.2, 0) is 6.61 Å². The Morgan fingerprint density at radius 3 is 2.00 bits per heavy atom. The summed E-state index contributed by atoms with van der Waals surface area (Å²) in [5.41, 5.74) is 4.34. The molecule has 0 saturated carbocycles. The van der Waals surface area contributed by atoms with Crippen LogP contribution < -0.4 is 14.2 Å². The molecule has 0 fully saturated rings. The van der Waals surface area contributed by atoms with E-state index in [9.17, 15) is 5.26 Å². The Morgan fingerprint density at radius 2 is 1.40 bits per heavy atom. The fourth-order valence-corrected chi connectivity index (χ4v) is 4.34. The molecular weight excluding hydrogens is 524 g/mol. The highest BCUT2D eigenvalue weighted by Gasteiger charge is 2.23. The zero-order chi connectivity index (χ0) is 27.9. The van der Waals surface area contributed by atoms with Crippen LogP contribution in [0.1, 0.15) is 16.7 Å². The van der Waals surface area contributed by atoms with Gasteiger partial charge in [0.2, 0.25) is 5.88 Å². The maximum atomic E-state index is 10.2. The highest BCUT2D eigenvalue weighted by atomic mass is 35.5. The predicted octanol–water partition coefficient (Wildman–Crippen LogP) is 8.49. The van der Waals surface area contributed by atoms with E-state index in [1.165, 1.54) is 0 Å². The van der Waals surface area contributed by atoms with E-state index in [0.29, 0.717) is 40.0 Å². The number of aliphatic imine (C=N–C) groups is 1. The molecule has 40 heavy (non-hydrogen) atoms. The summed E-state index contributed by atoms with van der Waals surface area (Å²) in [6.45, 7) is 0.368. The third kappa shape index (κ3) is 5.85. The number of nitriles is 1. The van der Waals surface area contributed by atoms with Crippen LogP contribution in [0.25, 0.3) is 22.5 Å². The van der Waals surface area contributed by atoms with Crippen molar-refractivity contribution >= 4 is 23.7 Å². The highest BCUT2D eigenvalue weighted by molar-refractivity contribution is 6.31. The maximum Gasteiger partial charge on any atom is 0.238 e. The SMILES string of the molecule is COc1ccc(-c2oc(N=Cc3ccc(OCc4ccccc4Cl)cc3)c(C#N)c2-c2ccc(OC)cc2)cc1. The molecule has 7 heteroatoms. The number of nitrogens with zero attached hydrogens (tertiary/aromatic N) is 2. The molecule has 6 nitrogen and oxygen atoms in total. The van der Waals surface area contributed by atoms with Gasteiger partial charge in [-0.15, -0.1) is 0 Å². The Kier molecular flexibility index (Phi) is 8.15. The van der Waals surface area contributed by atoms with E-state index in [-0.39, 0.29) is 5.88 Å². The third-order valence-electron chi connectivity index (χ3n) is 6.30. The number of halogens is 1. The second-order valence-electron chi connectivity index (χ2n) is 8.76. The lowest BCUT2D eigenvalue weighted by atomic mass is 9.98. The molecule has 0 spiro atoms. The lowest BCUT2D eigenvalue weighted by molar-refractivity contribution is 0.306. The van der Waals surface area contributed by atoms with Gasteiger partial charge in [-0.25, -0.2) is 4.99 Å². The van der Waals surface area contributed by atoms with Crippen molar-refractivity contribution in [1.82, 2.24) is 0 Å². The molecule has 0 saturated heterocycles. The molecule has 0 aliphatic carbocycles. The highest BCUT2D eigenvalue weighted by Crippen LogP contribution is 2.43. The van der Waals surface area contributed by atoms with Crippen LogP contribution in [0, 0.1) is 11.3 Å². The van der Waals surface area contributed by atoms with E-state index >= 15 is 0 Å². The first-order chi connectivity index (χ1) is 19.6. The van der Waals surface area contributed by atoms with Gasteiger partial charge in [0.15, 0.2) is 0 Å². The molecule has 0 aliphatic rings. The molecule has 1 heterocycles. The van der Waals surface area contributed by atoms with Crippen LogP contribution in [0.4, 0.5) is 5.88 Å². The second kappa shape index (κ2) is 12.2. The van der Waals surface area contributed by atoms with Crippen LogP contribution >= 0.6 is 11.6 Å². The van der Waals surface area contributed by atoms with Crippen LogP contribution in [0.15, 0.2) is 106 Å². The Bertz CT molecular complexity index is 1670. The summed E-state index contributed by atoms with van der Waals surface area (Å²) in [6.07, 6.45) is 1.66. The van der Waals surface area contributed by atoms with E-state index in [4.69, 9.17) is 30.2 Å². The first-order valence-electron chi connectivity index (χ1n) is 12.5. The van der Waals surface area contributed by atoms with Crippen LogP contribution in [0.5, 0.6) is 17.2 Å². The summed E-state index contributed by atoms with van der Waals surface area (Å²) in [5, 5.41) is 10.8. The molecule has 5 aromatic rings. The topological polar surface area (TPSA) is 77.0 Å². The summed E-state index contributed by atoms with van der Waals surface area (Å²) in [5.74, 6) is 2.91. The maximum absolute atomic E-state index is 10.2. The smallest absolute Gasteiger partial charge is 0.238 e. The van der Waals surface area contributed by atoms with Gasteiger partial charge in [0.05, 0.1) is 14.2 Å². The minimum absolute atomic E-state index is 0.221. The number of methoxy groups -OCH3 is 2. The Hall–Kier alpha value is -4.99. The van der Waals surface area contributed by atoms with E-state index in [1.54, 1.807) is 20.4 Å². The average molecular weight is 549 g/mol. The van der Waals surface area contributed by atoms with Gasteiger partial charge >= 0.3 is 0 Å². The number of hydrogen-bond donors (Lipinski definition) is 0. The van der Waals surface area contributed by atoms with E-state index in [1.807, 2.05) is 97.1 Å². The first-order valence-corrected chi connectivity index (χ1v) is 12.8. The summed E-state index contributed by atoms with van der Waals surface area (Å²) < 4.78 is 22.7. The lowest BCUT2D eigenvalue weighted by Gasteiger charge is -2.07. The Labute approximate surface area is 237 Å². The van der Waals surface area contributed by atoms with Gasteiger partial charge in [0, 0.05) is 27.9 Å². The molecule has 0 aliphatic heterocycles. The normalized spacial score (nSPS) is 10.8. The Morgan fingerprint density at radius 1 is 0.800 bits per heavy atom. The van der Waals surface area contributed by atoms with Gasteiger partial charge in [-0.2, -0.15) is 5.26 Å². The zero-order valence-corrected chi connectivity index (χ0v) is 22.7. The molecule has 1 aromatic heterocycles. The monoisotopic (exact) mass is 548 g/mol. The van der Waals surface area contributed by atoms with Gasteiger partial charge in [0.25, 0.3) is 0 Å². The van der Waals surface area contributed by atoms with Gasteiger partial charge in [0.1, 0.15) is 41.2 Å². The quantitative estimate of drug-likeness (QED) is 0.173. The van der Waals surface area contributed by atoms with Crippen molar-refractivity contribution in [2.75, 3.05) is 14.2 Å². The molecule has 5 rings (SSSR count). The number of benzene rings is 4. The van der Waals surface area contributed by atoms with E-state index in [2.05, 4.69) is 11.1 Å². The van der Waals surface area contributed by atoms with E-state index in [0.717, 1.165) is 28.0 Å². The molecule has 0 unspecified atom stereocenters. The fraction of sp³-hybridized carbons (Fsp3) is 0.0909. The minimum Gasteiger partial charge on any atom is -0.497 e. The largest absolute Gasteiger partial charge is 0.497 e. The minimum atomic E-state index is 0.221. The number of furan rings is 1. The molecule has 0 N–H and O–H groups in total. The van der Waals surface area contributed by atoms with Gasteiger partial charge in [-0.1, -0.05) is 41.9 Å². The van der Waals surface area contributed by atoms with Gasteiger partial charge < -0.3 is 18.6 Å². The summed E-state index contributed by atoms with van der Waals surface area (Å²) >= 11 is 6.22. The lowest BCUT2D eigenvalue weighted by Crippen LogP contribution is -1.96. The summed E-state index contributed by atoms with van der Waals surface area (Å²) in [6, 6.07) is 32.3. The second-order valence-corrected chi connectivity index (χ2v) is 9.17. The molecular formula is C33H25ClN2O4. The summed E-state index contributed by atoms with van der Waals surface area (Å²) in [4.78, 5) is 4.56. The molecule has 198 valence electrons. The zero-order valence-electron chi connectivity index (χ0n) is 21.9. The van der Waals surface area contributed by atoms with Gasteiger partial charge in [-0.3, -0.25) is 0 Å². The van der Waals surface area contributed by atoms with Crippen molar-refractivity contribution < 1.29 is 18.6 Å². The van der Waals surface area contributed by atoms with E-state index < -0.39 is 0 Å². The van der Waals surface area contributed by atoms with Crippen molar-refractivity contribution in [1.29, 1.82) is 5.26 Å². The third-order valence-corrected chi connectivity index (χ3v) is 6.66. The molecule has 4 aromatic carbocycles. The predicted molar refractivity (Wildman–Crippen MR) is 157 cm³/mol. The van der Waals surface area contributed by atoms with Crippen molar-refractivity contribution in [3.8, 4) is 45.8 Å². The van der Waals surface area contributed by atoms with Crippen molar-refractivity contribution in [2.45, 2.75) is 6.61 Å². The summed E-state index contributed by atoms with van der Waals surface area (Å²) in [7, 11) is 3.23.